The zero-order chi connectivity index (χ0) is 14.8. The van der Waals surface area contributed by atoms with Crippen molar-refractivity contribution in [3.05, 3.63) is 69.3 Å². The van der Waals surface area contributed by atoms with Crippen LogP contribution in [-0.4, -0.2) is 9.97 Å². The summed E-state index contributed by atoms with van der Waals surface area (Å²) in [5.41, 5.74) is 2.56. The van der Waals surface area contributed by atoms with Crippen LogP contribution in [0.1, 0.15) is 0 Å². The van der Waals surface area contributed by atoms with Crippen LogP contribution in [0.2, 0.25) is 10.0 Å². The molecule has 2 aromatic carbocycles. The molecule has 0 atom stereocenters. The molecule has 0 aliphatic heterocycles. The fourth-order valence-electron chi connectivity index (χ4n) is 2.05. The third kappa shape index (κ3) is 3.00. The highest BCUT2D eigenvalue weighted by Gasteiger charge is 2.09. The van der Waals surface area contributed by atoms with E-state index in [9.17, 15) is 0 Å². The second kappa shape index (κ2) is 5.98. The van der Waals surface area contributed by atoms with Gasteiger partial charge in [-0.1, -0.05) is 77.9 Å². The fourth-order valence-corrected chi connectivity index (χ4v) is 2.66. The predicted molar refractivity (Wildman–Crippen MR) is 90.3 cm³/mol. The van der Waals surface area contributed by atoms with Crippen molar-refractivity contribution < 1.29 is 0 Å². The molecule has 0 fully saturated rings. The van der Waals surface area contributed by atoms with Gasteiger partial charge in [-0.15, -0.1) is 0 Å². The number of nitrogens with one attached hydrogen (secondary N) is 1. The predicted octanol–water partition coefficient (Wildman–Crippen LogP) is 5.78. The van der Waals surface area contributed by atoms with Gasteiger partial charge in [0.05, 0.1) is 15.7 Å². The quantitative estimate of drug-likeness (QED) is 0.602. The van der Waals surface area contributed by atoms with Gasteiger partial charge in [0.25, 0.3) is 0 Å². The molecular formula is C16H10Cl2N2S. The summed E-state index contributed by atoms with van der Waals surface area (Å²) in [4.78, 5) is 7.63. The highest BCUT2D eigenvalue weighted by Crippen LogP contribution is 2.33. The normalized spacial score (nSPS) is 10.6. The summed E-state index contributed by atoms with van der Waals surface area (Å²) >= 11 is 17.6. The van der Waals surface area contributed by atoms with Crippen molar-refractivity contribution in [2.45, 2.75) is 0 Å². The van der Waals surface area contributed by atoms with Crippen LogP contribution in [0.3, 0.4) is 0 Å². The van der Waals surface area contributed by atoms with E-state index in [1.807, 2.05) is 42.5 Å². The van der Waals surface area contributed by atoms with Crippen LogP contribution in [0.15, 0.2) is 54.6 Å². The fraction of sp³-hybridized carbons (Fsp3) is 0. The van der Waals surface area contributed by atoms with Gasteiger partial charge in [0, 0.05) is 11.1 Å². The summed E-state index contributed by atoms with van der Waals surface area (Å²) in [7, 11) is 0. The maximum Gasteiger partial charge on any atom is 0.139 e. The lowest BCUT2D eigenvalue weighted by Gasteiger charge is -2.08. The molecule has 1 heterocycles. The van der Waals surface area contributed by atoms with Gasteiger partial charge in [-0.2, -0.15) is 0 Å². The number of nitrogens with zero attached hydrogens (tertiary/aromatic N) is 1. The minimum absolute atomic E-state index is 0.495. The molecule has 3 rings (SSSR count). The van der Waals surface area contributed by atoms with Crippen LogP contribution >= 0.6 is 35.4 Å². The van der Waals surface area contributed by atoms with Gasteiger partial charge >= 0.3 is 0 Å². The first-order chi connectivity index (χ1) is 10.1. The Balaban J connectivity index is 2.19. The highest BCUT2D eigenvalue weighted by molar-refractivity contribution is 7.71. The standard InChI is InChI=1S/C16H10Cl2N2S/c17-12-8-4-7-11(15(12)18)13-9-14(21)20-16(19-13)10-5-2-1-3-6-10/h1-9H,(H,19,20,21). The first-order valence-electron chi connectivity index (χ1n) is 6.26. The number of benzene rings is 2. The first-order valence-corrected chi connectivity index (χ1v) is 7.43. The Kier molecular flexibility index (Phi) is 4.06. The van der Waals surface area contributed by atoms with E-state index in [4.69, 9.17) is 35.4 Å². The molecule has 0 saturated carbocycles. The second-order valence-electron chi connectivity index (χ2n) is 4.45. The monoisotopic (exact) mass is 332 g/mol. The summed E-state index contributed by atoms with van der Waals surface area (Å²) in [5.74, 6) is 0.703. The Morgan fingerprint density at radius 3 is 2.48 bits per heavy atom. The molecule has 104 valence electrons. The van der Waals surface area contributed by atoms with E-state index in [0.717, 1.165) is 16.8 Å². The van der Waals surface area contributed by atoms with E-state index in [1.165, 1.54) is 0 Å². The molecule has 0 saturated heterocycles. The molecule has 0 aliphatic carbocycles. The van der Waals surface area contributed by atoms with Crippen LogP contribution in [0.25, 0.3) is 22.6 Å². The smallest absolute Gasteiger partial charge is 0.139 e. The molecule has 0 unspecified atom stereocenters. The molecule has 3 aromatic rings. The van der Waals surface area contributed by atoms with Gasteiger partial charge in [-0.3, -0.25) is 0 Å². The van der Waals surface area contributed by atoms with Crippen LogP contribution in [0.4, 0.5) is 0 Å². The van der Waals surface area contributed by atoms with Crippen molar-refractivity contribution >= 4 is 35.4 Å². The lowest BCUT2D eigenvalue weighted by molar-refractivity contribution is 1.16. The number of aromatic nitrogens is 2. The molecule has 5 heteroatoms. The van der Waals surface area contributed by atoms with E-state index in [2.05, 4.69) is 9.97 Å². The number of aromatic amines is 1. The Morgan fingerprint density at radius 2 is 1.71 bits per heavy atom. The van der Waals surface area contributed by atoms with Crippen molar-refractivity contribution in [2.75, 3.05) is 0 Å². The maximum absolute atomic E-state index is 6.27. The van der Waals surface area contributed by atoms with E-state index in [-0.39, 0.29) is 0 Å². The molecule has 0 amide bonds. The number of H-pyrrole nitrogens is 1. The molecular weight excluding hydrogens is 323 g/mol. The van der Waals surface area contributed by atoms with Gasteiger partial charge < -0.3 is 4.98 Å². The molecule has 21 heavy (non-hydrogen) atoms. The zero-order valence-electron chi connectivity index (χ0n) is 10.8. The molecule has 1 N–H and O–H groups in total. The summed E-state index contributed by atoms with van der Waals surface area (Å²) in [6, 6.07) is 17.1. The summed E-state index contributed by atoms with van der Waals surface area (Å²) in [6.45, 7) is 0. The largest absolute Gasteiger partial charge is 0.339 e. The van der Waals surface area contributed by atoms with Gasteiger partial charge in [0.2, 0.25) is 0 Å². The Labute approximate surface area is 137 Å². The molecule has 0 bridgehead atoms. The highest BCUT2D eigenvalue weighted by atomic mass is 35.5. The summed E-state index contributed by atoms with van der Waals surface area (Å²) < 4.78 is 0.499. The lowest BCUT2D eigenvalue weighted by atomic mass is 10.1. The van der Waals surface area contributed by atoms with Gasteiger partial charge in [-0.05, 0) is 12.1 Å². The summed E-state index contributed by atoms with van der Waals surface area (Å²) in [6.07, 6.45) is 0. The lowest BCUT2D eigenvalue weighted by Crippen LogP contribution is -1.93. The zero-order valence-corrected chi connectivity index (χ0v) is 13.1. The van der Waals surface area contributed by atoms with Crippen molar-refractivity contribution in [3.8, 4) is 22.6 Å². The molecule has 0 spiro atoms. The molecule has 0 radical (unpaired) electrons. The average molecular weight is 333 g/mol. The average Bonchev–Trinajstić information content (AvgIpc) is 2.50. The van der Waals surface area contributed by atoms with Gasteiger partial charge in [0.15, 0.2) is 0 Å². The minimum atomic E-state index is 0.495. The number of hydrogen-bond donors (Lipinski definition) is 1. The topological polar surface area (TPSA) is 28.7 Å². The van der Waals surface area contributed by atoms with Crippen LogP contribution in [0.5, 0.6) is 0 Å². The van der Waals surface area contributed by atoms with Crippen molar-refractivity contribution in [2.24, 2.45) is 0 Å². The maximum atomic E-state index is 6.27. The van der Waals surface area contributed by atoms with Crippen LogP contribution in [-0.2, 0) is 0 Å². The third-order valence-electron chi connectivity index (χ3n) is 3.03. The minimum Gasteiger partial charge on any atom is -0.339 e. The van der Waals surface area contributed by atoms with Crippen LogP contribution < -0.4 is 0 Å². The Bertz CT molecular complexity index is 844. The molecule has 2 nitrogen and oxygen atoms in total. The molecule has 0 aliphatic rings. The van der Waals surface area contributed by atoms with Crippen molar-refractivity contribution in [3.63, 3.8) is 0 Å². The van der Waals surface area contributed by atoms with Gasteiger partial charge in [-0.25, -0.2) is 4.98 Å². The van der Waals surface area contributed by atoms with Crippen molar-refractivity contribution in [1.82, 2.24) is 9.97 Å². The number of rotatable bonds is 2. The van der Waals surface area contributed by atoms with Gasteiger partial charge in [0.1, 0.15) is 10.5 Å². The van der Waals surface area contributed by atoms with E-state index in [1.54, 1.807) is 12.1 Å². The number of halogens is 2. The van der Waals surface area contributed by atoms with Crippen molar-refractivity contribution in [1.29, 1.82) is 0 Å². The van der Waals surface area contributed by atoms with E-state index >= 15 is 0 Å². The Morgan fingerprint density at radius 1 is 0.952 bits per heavy atom. The SMILES string of the molecule is S=c1cc(-c2cccc(Cl)c2Cl)[nH]c(-c2ccccc2)n1. The molecule has 1 aromatic heterocycles. The first kappa shape index (κ1) is 14.3. The Hall–Kier alpha value is -1.68. The number of hydrogen-bond acceptors (Lipinski definition) is 2. The second-order valence-corrected chi connectivity index (χ2v) is 5.65. The summed E-state index contributed by atoms with van der Waals surface area (Å²) in [5, 5.41) is 1.00. The third-order valence-corrected chi connectivity index (χ3v) is 4.06. The van der Waals surface area contributed by atoms with E-state index < -0.39 is 0 Å². The van der Waals surface area contributed by atoms with Crippen LogP contribution in [0, 0.1) is 4.64 Å². The van der Waals surface area contributed by atoms with E-state index in [0.29, 0.717) is 20.5 Å².